The Labute approximate surface area is 241 Å². The highest BCUT2D eigenvalue weighted by Crippen LogP contribution is 2.20. The van der Waals surface area contributed by atoms with Gasteiger partial charge in [0.2, 0.25) is 11.9 Å². The van der Waals surface area contributed by atoms with Crippen LogP contribution in [0.5, 0.6) is 5.75 Å². The van der Waals surface area contributed by atoms with E-state index >= 15 is 0 Å². The number of nitrogens with one attached hydrogen (secondary N) is 1. The summed E-state index contributed by atoms with van der Waals surface area (Å²) in [6.07, 6.45) is 7.48. The van der Waals surface area contributed by atoms with Crippen molar-refractivity contribution < 1.29 is 33.4 Å². The minimum Gasteiger partial charge on any atom is -0.475 e. The molecular formula is C33H41NO7. The van der Waals surface area contributed by atoms with Crippen molar-refractivity contribution in [3.63, 3.8) is 0 Å². The molecule has 0 saturated heterocycles. The van der Waals surface area contributed by atoms with Gasteiger partial charge in [0.05, 0.1) is 12.7 Å². The Morgan fingerprint density at radius 2 is 1.59 bits per heavy atom. The molecule has 3 aromatic rings. The number of carbonyl (C=O) groups is 4. The Hall–Kier alpha value is -3.94. The number of rotatable bonds is 18. The number of aryl methyl sites for hydroxylation is 1. The number of esters is 2. The van der Waals surface area contributed by atoms with Crippen molar-refractivity contribution >= 4 is 34.4 Å². The summed E-state index contributed by atoms with van der Waals surface area (Å²) in [6.45, 7) is 3.63. The van der Waals surface area contributed by atoms with E-state index in [2.05, 4.69) is 16.6 Å². The molecule has 0 aliphatic rings. The maximum atomic E-state index is 13.4. The number of hydrogen-bond donors (Lipinski definition) is 1. The molecule has 0 aliphatic carbocycles. The number of aromatic nitrogens is 1. The minimum atomic E-state index is -1.48. The molecule has 0 saturated carbocycles. The summed E-state index contributed by atoms with van der Waals surface area (Å²) >= 11 is 0. The molecule has 1 N–H and O–H groups in total. The molecule has 2 atom stereocenters. The van der Waals surface area contributed by atoms with Crippen LogP contribution in [0.1, 0.15) is 87.6 Å². The quantitative estimate of drug-likeness (QED) is 0.106. The van der Waals surface area contributed by atoms with Crippen molar-refractivity contribution in [1.29, 1.82) is 0 Å². The van der Waals surface area contributed by atoms with E-state index in [0.29, 0.717) is 11.3 Å². The molecule has 8 heteroatoms. The molecule has 220 valence electrons. The van der Waals surface area contributed by atoms with Gasteiger partial charge in [0, 0.05) is 29.9 Å². The fourth-order valence-corrected chi connectivity index (χ4v) is 4.58. The lowest BCUT2D eigenvalue weighted by atomic mass is 10.0. The Morgan fingerprint density at radius 1 is 0.854 bits per heavy atom. The largest absolute Gasteiger partial charge is 0.475 e. The zero-order chi connectivity index (χ0) is 29.6. The van der Waals surface area contributed by atoms with Gasteiger partial charge in [-0.2, -0.15) is 0 Å². The molecule has 1 aromatic heterocycles. The summed E-state index contributed by atoms with van der Waals surface area (Å²) in [5.41, 5.74) is 2.32. The van der Waals surface area contributed by atoms with Gasteiger partial charge in [-0.05, 0) is 68.1 Å². The zero-order valence-electron chi connectivity index (χ0n) is 24.3. The summed E-state index contributed by atoms with van der Waals surface area (Å²) in [6, 6.07) is 14.2. The SMILES string of the molecule is CCCCCCCCc1ccc(OC(C(=O)CCCC(=O)OC)C(=O)C(C)OC(=O)c2ccc3[nH]ccc3c2)cc1. The van der Waals surface area contributed by atoms with Crippen LogP contribution in [-0.2, 0) is 30.3 Å². The predicted octanol–water partition coefficient (Wildman–Crippen LogP) is 6.55. The smallest absolute Gasteiger partial charge is 0.338 e. The van der Waals surface area contributed by atoms with Crippen molar-refractivity contribution in [2.45, 2.75) is 90.3 Å². The second-order valence-corrected chi connectivity index (χ2v) is 10.3. The van der Waals surface area contributed by atoms with E-state index in [4.69, 9.17) is 9.47 Å². The molecule has 0 bridgehead atoms. The number of fused-ring (bicyclic) bond motifs is 1. The molecule has 0 spiro atoms. The molecule has 0 radical (unpaired) electrons. The fraction of sp³-hybridized carbons (Fsp3) is 0.455. The highest BCUT2D eigenvalue weighted by atomic mass is 16.6. The summed E-state index contributed by atoms with van der Waals surface area (Å²) in [4.78, 5) is 53.8. The van der Waals surface area contributed by atoms with E-state index in [9.17, 15) is 19.2 Å². The van der Waals surface area contributed by atoms with Gasteiger partial charge in [-0.3, -0.25) is 14.4 Å². The molecule has 2 unspecified atom stereocenters. The van der Waals surface area contributed by atoms with Crippen molar-refractivity contribution in [2.75, 3.05) is 7.11 Å². The fourth-order valence-electron chi connectivity index (χ4n) is 4.58. The first kappa shape index (κ1) is 31.6. The van der Waals surface area contributed by atoms with Crippen LogP contribution < -0.4 is 4.74 Å². The third-order valence-electron chi connectivity index (χ3n) is 7.05. The third-order valence-corrected chi connectivity index (χ3v) is 7.05. The number of methoxy groups -OCH3 is 1. The van der Waals surface area contributed by atoms with Gasteiger partial charge in [-0.15, -0.1) is 0 Å². The number of ketones is 2. The van der Waals surface area contributed by atoms with E-state index in [-0.39, 0.29) is 19.3 Å². The van der Waals surface area contributed by atoms with Crippen LogP contribution in [-0.4, -0.2) is 47.8 Å². The molecule has 2 aromatic carbocycles. The highest BCUT2D eigenvalue weighted by Gasteiger charge is 2.34. The molecule has 3 rings (SSSR count). The molecule has 0 aliphatic heterocycles. The van der Waals surface area contributed by atoms with Gasteiger partial charge >= 0.3 is 11.9 Å². The highest BCUT2D eigenvalue weighted by molar-refractivity contribution is 6.08. The molecule has 8 nitrogen and oxygen atoms in total. The molecular weight excluding hydrogens is 522 g/mol. The summed E-state index contributed by atoms with van der Waals surface area (Å²) in [5, 5.41) is 0.834. The van der Waals surface area contributed by atoms with Gasteiger partial charge in [0.25, 0.3) is 0 Å². The Bertz CT molecular complexity index is 1290. The third kappa shape index (κ3) is 9.88. The van der Waals surface area contributed by atoms with Crippen LogP contribution >= 0.6 is 0 Å². The maximum absolute atomic E-state index is 13.4. The predicted molar refractivity (Wildman–Crippen MR) is 157 cm³/mol. The van der Waals surface area contributed by atoms with Crippen molar-refractivity contribution in [3.8, 4) is 5.75 Å². The van der Waals surface area contributed by atoms with Crippen LogP contribution in [0, 0.1) is 0 Å². The van der Waals surface area contributed by atoms with E-state index in [1.54, 1.807) is 36.5 Å². The van der Waals surface area contributed by atoms with Crippen LogP contribution in [0.25, 0.3) is 10.9 Å². The number of Topliss-reactive ketones (excluding diaryl/α,β-unsaturated/α-hetero) is 2. The number of carbonyl (C=O) groups excluding carboxylic acids is 4. The molecule has 41 heavy (non-hydrogen) atoms. The van der Waals surface area contributed by atoms with Gasteiger partial charge in [-0.1, -0.05) is 51.2 Å². The minimum absolute atomic E-state index is 0.0441. The second-order valence-electron chi connectivity index (χ2n) is 10.3. The van der Waals surface area contributed by atoms with Gasteiger partial charge in [-0.25, -0.2) is 4.79 Å². The van der Waals surface area contributed by atoms with Gasteiger partial charge < -0.3 is 19.2 Å². The van der Waals surface area contributed by atoms with Gasteiger partial charge in [0.15, 0.2) is 11.9 Å². The maximum Gasteiger partial charge on any atom is 0.338 e. The first-order valence-electron chi connectivity index (χ1n) is 14.5. The van der Waals surface area contributed by atoms with Crippen molar-refractivity contribution in [2.24, 2.45) is 0 Å². The summed E-state index contributed by atoms with van der Waals surface area (Å²) < 4.78 is 16.0. The van der Waals surface area contributed by atoms with Crippen molar-refractivity contribution in [1.82, 2.24) is 4.98 Å². The van der Waals surface area contributed by atoms with Crippen LogP contribution in [0.3, 0.4) is 0 Å². The number of benzene rings is 2. The number of H-pyrrole nitrogens is 1. The first-order chi connectivity index (χ1) is 19.8. The van der Waals surface area contributed by atoms with E-state index in [1.807, 2.05) is 18.2 Å². The number of aromatic amines is 1. The van der Waals surface area contributed by atoms with Crippen molar-refractivity contribution in [3.05, 3.63) is 65.9 Å². The summed E-state index contributed by atoms with van der Waals surface area (Å²) in [7, 11) is 1.28. The number of unbranched alkanes of at least 4 members (excludes halogenated alkanes) is 5. The summed E-state index contributed by atoms with van der Waals surface area (Å²) in [5.74, 6) is -1.91. The van der Waals surface area contributed by atoms with E-state index < -0.39 is 35.7 Å². The zero-order valence-corrected chi connectivity index (χ0v) is 24.3. The standard InChI is InChI=1S/C33H41NO7/c1-4-5-6-7-8-9-11-24-14-17-27(18-15-24)41-32(29(35)12-10-13-30(36)39-3)31(37)23(2)40-33(38)26-16-19-28-25(22-26)20-21-34-28/h14-23,32,34H,4-13H2,1-3H3. The molecule has 0 amide bonds. The molecule has 0 fully saturated rings. The molecule has 1 heterocycles. The van der Waals surface area contributed by atoms with Crippen LogP contribution in [0.4, 0.5) is 0 Å². The lowest BCUT2D eigenvalue weighted by Gasteiger charge is -2.21. The number of ether oxygens (including phenoxy) is 3. The second kappa shape index (κ2) is 16.4. The van der Waals surface area contributed by atoms with E-state index in [1.165, 1.54) is 46.1 Å². The normalized spacial score (nSPS) is 12.5. The Kier molecular flexibility index (Phi) is 12.6. The monoisotopic (exact) mass is 563 g/mol. The Balaban J connectivity index is 1.64. The number of hydrogen-bond acceptors (Lipinski definition) is 7. The average molecular weight is 564 g/mol. The van der Waals surface area contributed by atoms with E-state index in [0.717, 1.165) is 29.3 Å². The first-order valence-corrected chi connectivity index (χ1v) is 14.5. The van der Waals surface area contributed by atoms with Crippen LogP contribution in [0.15, 0.2) is 54.7 Å². The lowest BCUT2D eigenvalue weighted by molar-refractivity contribution is -0.142. The topological polar surface area (TPSA) is 112 Å². The van der Waals surface area contributed by atoms with Crippen LogP contribution in [0.2, 0.25) is 0 Å². The Morgan fingerprint density at radius 3 is 2.32 bits per heavy atom. The average Bonchev–Trinajstić information content (AvgIpc) is 3.46. The van der Waals surface area contributed by atoms with Gasteiger partial charge in [0.1, 0.15) is 5.75 Å². The lowest BCUT2D eigenvalue weighted by Crippen LogP contribution is -2.42.